The second-order valence-electron chi connectivity index (χ2n) is 12.6. The van der Waals surface area contributed by atoms with E-state index in [1.165, 1.54) is 43.4 Å². The van der Waals surface area contributed by atoms with Crippen molar-refractivity contribution >= 4 is 41.0 Å². The monoisotopic (exact) mass is 687 g/mol. The van der Waals surface area contributed by atoms with Gasteiger partial charge in [0.15, 0.2) is 0 Å². The molecular weight excluding hydrogens is 643 g/mol. The standard InChI is InChI=1S/C37H45N5O6S/c38-34(41-37(47)48-22-20-25-11-4-1-5-12-25)30-19-18-28(49-30)23-40-35(45)29-17-10-21-42(29)36(46)33(39-24-31(43)44)32(26-13-6-2-7-14-26)27-15-8-3-9-16-27/h2-3,6-9,13-16,18-19,25,29,32-33,39H,1,4-5,10-12,17,20-24H2,(H,40,45)(H,43,44)(H2,38,41,47)/t29-,33+/m0/s1. The maximum Gasteiger partial charge on any atom is 0.435 e. The van der Waals surface area contributed by atoms with Gasteiger partial charge in [0.25, 0.3) is 0 Å². The van der Waals surface area contributed by atoms with Gasteiger partial charge in [-0.15, -0.1) is 11.3 Å². The number of rotatable bonds is 14. The minimum Gasteiger partial charge on any atom is -0.480 e. The predicted octanol–water partition coefficient (Wildman–Crippen LogP) is 5.04. The van der Waals surface area contributed by atoms with Gasteiger partial charge in [-0.3, -0.25) is 19.7 Å². The lowest BCUT2D eigenvalue weighted by Crippen LogP contribution is -2.55. The summed E-state index contributed by atoms with van der Waals surface area (Å²) in [6.45, 7) is 0.505. The summed E-state index contributed by atoms with van der Waals surface area (Å²) in [7, 11) is 0. The third-order valence-corrected chi connectivity index (χ3v) is 10.4. The van der Waals surface area contributed by atoms with Gasteiger partial charge in [0, 0.05) is 17.3 Å². The molecule has 2 heterocycles. The summed E-state index contributed by atoms with van der Waals surface area (Å²) in [5.74, 6) is -1.53. The van der Waals surface area contributed by atoms with E-state index >= 15 is 0 Å². The zero-order chi connectivity index (χ0) is 34.6. The highest BCUT2D eigenvalue weighted by Gasteiger charge is 2.40. The van der Waals surface area contributed by atoms with E-state index in [1.807, 2.05) is 66.7 Å². The number of aliphatic carboxylic acids is 1. The molecule has 12 heteroatoms. The summed E-state index contributed by atoms with van der Waals surface area (Å²) in [4.78, 5) is 58.5. The normalized spacial score (nSPS) is 17.5. The highest BCUT2D eigenvalue weighted by atomic mass is 32.1. The molecule has 1 aromatic heterocycles. The first-order valence-corrected chi connectivity index (χ1v) is 17.8. The van der Waals surface area contributed by atoms with Crippen molar-refractivity contribution in [2.45, 2.75) is 75.9 Å². The fraction of sp³-hybridized carbons (Fsp3) is 0.432. The summed E-state index contributed by atoms with van der Waals surface area (Å²) >= 11 is 1.31. The minimum absolute atomic E-state index is 0.0593. The van der Waals surface area contributed by atoms with Crippen molar-refractivity contribution in [2.24, 2.45) is 16.6 Å². The number of carbonyl (C=O) groups excluding carboxylic acids is 3. The van der Waals surface area contributed by atoms with Crippen LogP contribution in [0.3, 0.4) is 0 Å². The molecule has 3 amide bonds. The predicted molar refractivity (Wildman–Crippen MR) is 188 cm³/mol. The fourth-order valence-electron chi connectivity index (χ4n) is 6.80. The number of carbonyl (C=O) groups is 4. The van der Waals surface area contributed by atoms with Crippen LogP contribution in [0.2, 0.25) is 0 Å². The number of ether oxygens (including phenoxy) is 1. The SMILES string of the molecule is N/C(=N\C(=O)OCCC1CCCCC1)c1ccc(CNC(=O)[C@@H]2CCCN2C(=O)[C@H](NCC(=O)O)C(c2ccccc2)c2ccccc2)s1. The molecule has 5 N–H and O–H groups in total. The number of aliphatic imine (C=N–C) groups is 1. The number of hydrogen-bond donors (Lipinski definition) is 4. The number of carboxylic acids is 1. The molecule has 0 radical (unpaired) electrons. The number of amides is 3. The third-order valence-electron chi connectivity index (χ3n) is 9.27. The Bertz CT molecular complexity index is 1550. The van der Waals surface area contributed by atoms with E-state index in [2.05, 4.69) is 15.6 Å². The molecule has 1 saturated heterocycles. The highest BCUT2D eigenvalue weighted by molar-refractivity contribution is 7.14. The topological polar surface area (TPSA) is 163 Å². The van der Waals surface area contributed by atoms with E-state index in [0.29, 0.717) is 36.8 Å². The number of nitrogens with zero attached hydrogens (tertiary/aromatic N) is 2. The molecular formula is C37H45N5O6S. The Morgan fingerprint density at radius 3 is 2.24 bits per heavy atom. The van der Waals surface area contributed by atoms with Crippen LogP contribution in [0.25, 0.3) is 0 Å². The van der Waals surface area contributed by atoms with Crippen molar-refractivity contribution in [3.8, 4) is 0 Å². The molecule has 2 aromatic carbocycles. The van der Waals surface area contributed by atoms with Gasteiger partial charge in [-0.25, -0.2) is 4.79 Å². The summed E-state index contributed by atoms with van der Waals surface area (Å²) in [6, 6.07) is 20.9. The lowest BCUT2D eigenvalue weighted by molar-refractivity contribution is -0.141. The number of nitrogens with one attached hydrogen (secondary N) is 2. The van der Waals surface area contributed by atoms with Crippen LogP contribution < -0.4 is 16.4 Å². The van der Waals surface area contributed by atoms with Crippen molar-refractivity contribution in [3.63, 3.8) is 0 Å². The van der Waals surface area contributed by atoms with Gasteiger partial charge in [0.2, 0.25) is 11.8 Å². The van der Waals surface area contributed by atoms with Gasteiger partial charge in [-0.05, 0) is 48.4 Å². The molecule has 0 spiro atoms. The van der Waals surface area contributed by atoms with Gasteiger partial charge in [-0.2, -0.15) is 4.99 Å². The molecule has 260 valence electrons. The van der Waals surface area contributed by atoms with Crippen LogP contribution in [0.15, 0.2) is 77.8 Å². The quantitative estimate of drug-likeness (QED) is 0.135. The number of amidine groups is 1. The van der Waals surface area contributed by atoms with E-state index in [4.69, 9.17) is 10.5 Å². The molecule has 0 bridgehead atoms. The van der Waals surface area contributed by atoms with Crippen molar-refractivity contribution in [3.05, 3.63) is 93.7 Å². The van der Waals surface area contributed by atoms with Gasteiger partial charge in [0.1, 0.15) is 11.9 Å². The van der Waals surface area contributed by atoms with Crippen molar-refractivity contribution in [1.29, 1.82) is 0 Å². The zero-order valence-electron chi connectivity index (χ0n) is 27.6. The van der Waals surface area contributed by atoms with Crippen LogP contribution in [0.5, 0.6) is 0 Å². The largest absolute Gasteiger partial charge is 0.480 e. The van der Waals surface area contributed by atoms with Crippen LogP contribution >= 0.6 is 11.3 Å². The van der Waals surface area contributed by atoms with Crippen molar-refractivity contribution in [2.75, 3.05) is 19.7 Å². The summed E-state index contributed by atoms with van der Waals surface area (Å²) in [5, 5.41) is 15.5. The first-order valence-electron chi connectivity index (χ1n) is 17.0. The average molecular weight is 688 g/mol. The highest BCUT2D eigenvalue weighted by Crippen LogP contribution is 2.31. The minimum atomic E-state index is -1.08. The molecule has 2 atom stereocenters. The number of thiophene rings is 1. The van der Waals surface area contributed by atoms with Crippen molar-refractivity contribution in [1.82, 2.24) is 15.5 Å². The second-order valence-corrected chi connectivity index (χ2v) is 13.8. The van der Waals surface area contributed by atoms with E-state index in [0.717, 1.165) is 22.4 Å². The third kappa shape index (κ3) is 9.99. The maximum atomic E-state index is 14.3. The summed E-state index contributed by atoms with van der Waals surface area (Å²) < 4.78 is 5.29. The van der Waals surface area contributed by atoms with Crippen LogP contribution in [-0.4, -0.2) is 71.5 Å². The number of hydrogen-bond acceptors (Lipinski definition) is 7. The summed E-state index contributed by atoms with van der Waals surface area (Å²) in [6.07, 6.45) is 7.37. The Morgan fingerprint density at radius 2 is 1.59 bits per heavy atom. The number of benzene rings is 2. The van der Waals surface area contributed by atoms with Crippen LogP contribution in [0.4, 0.5) is 4.79 Å². The number of nitrogens with two attached hydrogens (primary N) is 1. The molecule has 0 unspecified atom stereocenters. The maximum absolute atomic E-state index is 14.3. The van der Waals surface area contributed by atoms with Crippen LogP contribution in [0.1, 0.15) is 78.2 Å². The van der Waals surface area contributed by atoms with Crippen LogP contribution in [-0.2, 0) is 25.7 Å². The smallest absolute Gasteiger partial charge is 0.435 e. The Hall–Kier alpha value is -4.55. The van der Waals surface area contributed by atoms with Crippen LogP contribution in [0, 0.1) is 5.92 Å². The van der Waals surface area contributed by atoms with E-state index in [9.17, 15) is 24.3 Å². The molecule has 1 aliphatic carbocycles. The Morgan fingerprint density at radius 1 is 0.918 bits per heavy atom. The van der Waals surface area contributed by atoms with Gasteiger partial charge in [-0.1, -0.05) is 92.8 Å². The lowest BCUT2D eigenvalue weighted by Gasteiger charge is -2.33. The fourth-order valence-corrected chi connectivity index (χ4v) is 7.65. The molecule has 3 aromatic rings. The van der Waals surface area contributed by atoms with E-state index in [-0.39, 0.29) is 24.2 Å². The second kappa shape index (κ2) is 17.7. The summed E-state index contributed by atoms with van der Waals surface area (Å²) in [5.41, 5.74) is 7.81. The van der Waals surface area contributed by atoms with E-state index in [1.54, 1.807) is 11.0 Å². The van der Waals surface area contributed by atoms with Gasteiger partial charge in [0.05, 0.1) is 30.6 Å². The van der Waals surface area contributed by atoms with E-state index < -0.39 is 36.6 Å². The Balaban J connectivity index is 1.21. The molecule has 1 saturated carbocycles. The number of carboxylic acid groups (broad SMARTS) is 1. The molecule has 2 aliphatic rings. The first-order chi connectivity index (χ1) is 23.8. The zero-order valence-corrected chi connectivity index (χ0v) is 28.4. The Kier molecular flexibility index (Phi) is 12.9. The molecule has 5 rings (SSSR count). The Labute approximate surface area is 290 Å². The lowest BCUT2D eigenvalue weighted by atomic mass is 9.84. The first kappa shape index (κ1) is 35.7. The molecule has 2 fully saturated rings. The molecule has 11 nitrogen and oxygen atoms in total. The van der Waals surface area contributed by atoms with Crippen molar-refractivity contribution < 1.29 is 29.0 Å². The number of likely N-dealkylation sites (tertiary alicyclic amines) is 1. The van der Waals surface area contributed by atoms with Gasteiger partial charge < -0.3 is 25.8 Å². The van der Waals surface area contributed by atoms with Gasteiger partial charge >= 0.3 is 12.1 Å². The molecule has 49 heavy (non-hydrogen) atoms. The average Bonchev–Trinajstić information content (AvgIpc) is 3.81. The molecule has 1 aliphatic heterocycles.